The zero-order valence-corrected chi connectivity index (χ0v) is 33.5. The van der Waals surface area contributed by atoms with Crippen molar-refractivity contribution in [2.45, 2.75) is 118 Å². The first-order chi connectivity index (χ1) is 24.5. The third kappa shape index (κ3) is 13.9. The van der Waals surface area contributed by atoms with Crippen LogP contribution >= 0.6 is 11.3 Å². The molecule has 0 saturated heterocycles. The Balaban J connectivity index is 2.31. The third-order valence-corrected chi connectivity index (χ3v) is 10.5. The number of ether oxygens (including phenoxy) is 1. The van der Waals surface area contributed by atoms with Crippen LogP contribution < -0.4 is 16.0 Å². The fourth-order valence-corrected chi connectivity index (χ4v) is 7.17. The Hall–Kier alpha value is -3.84. The van der Waals surface area contributed by atoms with Gasteiger partial charge in [0.25, 0.3) is 5.91 Å². The van der Waals surface area contributed by atoms with Crippen LogP contribution in [-0.2, 0) is 30.3 Å². The average molecular weight is 744 g/mol. The van der Waals surface area contributed by atoms with Crippen molar-refractivity contribution >= 4 is 41.0 Å². The molecule has 52 heavy (non-hydrogen) atoms. The van der Waals surface area contributed by atoms with Gasteiger partial charge in [0.2, 0.25) is 11.8 Å². The quantitative estimate of drug-likeness (QED) is 0.0894. The maximum Gasteiger partial charge on any atom is 0.306 e. The van der Waals surface area contributed by atoms with E-state index in [9.17, 15) is 29.1 Å². The number of hydrogen-bond acceptors (Lipinski definition) is 9. The zero-order chi connectivity index (χ0) is 39.1. The van der Waals surface area contributed by atoms with Crippen LogP contribution in [0.2, 0.25) is 0 Å². The number of amides is 3. The van der Waals surface area contributed by atoms with Crippen molar-refractivity contribution in [3.8, 4) is 0 Å². The van der Waals surface area contributed by atoms with E-state index in [-0.39, 0.29) is 48.1 Å². The molecule has 1 heterocycles. The number of carbonyl (C=O) groups excluding carboxylic acids is 4. The molecule has 2 aromatic rings. The highest BCUT2D eigenvalue weighted by molar-refractivity contribution is 7.12. The highest BCUT2D eigenvalue weighted by atomic mass is 32.1. The summed E-state index contributed by atoms with van der Waals surface area (Å²) < 4.78 is 5.79. The highest BCUT2D eigenvalue weighted by Crippen LogP contribution is 2.33. The monoisotopic (exact) mass is 743 g/mol. The summed E-state index contributed by atoms with van der Waals surface area (Å²) in [7, 11) is 3.60. The fourth-order valence-electron chi connectivity index (χ4n) is 6.21. The molecule has 3 amide bonds. The van der Waals surface area contributed by atoms with E-state index < -0.39 is 48.0 Å². The Bertz CT molecular complexity index is 1460. The molecule has 0 bridgehead atoms. The molecule has 0 spiro atoms. The van der Waals surface area contributed by atoms with E-state index in [0.717, 1.165) is 31.4 Å². The molecule has 1 aromatic carbocycles. The minimum absolute atomic E-state index is 0.0552. The second kappa shape index (κ2) is 21.6. The molecule has 13 heteroatoms. The van der Waals surface area contributed by atoms with Crippen molar-refractivity contribution in [3.05, 3.63) is 51.5 Å². The summed E-state index contributed by atoms with van der Waals surface area (Å²) in [5.74, 6) is -3.44. The topological polar surface area (TPSA) is 167 Å². The number of likely N-dealkylation sites (N-methyl/N-ethyl adjacent to an activating group) is 1. The first-order valence-electron chi connectivity index (χ1n) is 18.4. The molecule has 0 aliphatic rings. The van der Waals surface area contributed by atoms with Crippen LogP contribution in [0.3, 0.4) is 0 Å². The Morgan fingerprint density at radius 3 is 2.13 bits per heavy atom. The van der Waals surface area contributed by atoms with Gasteiger partial charge in [-0.15, -0.1) is 11.3 Å². The number of nitrogens with one attached hydrogen (secondary N) is 3. The van der Waals surface area contributed by atoms with E-state index in [0.29, 0.717) is 16.3 Å². The molecule has 6 atom stereocenters. The molecule has 290 valence electrons. The van der Waals surface area contributed by atoms with Crippen molar-refractivity contribution in [2.24, 2.45) is 23.7 Å². The van der Waals surface area contributed by atoms with Gasteiger partial charge >= 0.3 is 11.9 Å². The Morgan fingerprint density at radius 1 is 0.923 bits per heavy atom. The zero-order valence-electron chi connectivity index (χ0n) is 32.7. The molecule has 1 aromatic heterocycles. The number of unbranched alkanes of at least 4 members (excludes halogenated alkanes) is 1. The highest BCUT2D eigenvalue weighted by Gasteiger charge is 2.36. The van der Waals surface area contributed by atoms with Gasteiger partial charge in [0.1, 0.15) is 16.7 Å². The van der Waals surface area contributed by atoms with Crippen LogP contribution in [0.5, 0.6) is 0 Å². The lowest BCUT2D eigenvalue weighted by Gasteiger charge is -2.36. The lowest BCUT2D eigenvalue weighted by Crippen LogP contribution is -2.54. The summed E-state index contributed by atoms with van der Waals surface area (Å²) in [5.41, 5.74) is 1.13. The number of aryl methyl sites for hydroxylation is 1. The fraction of sp³-hybridized carbons (Fsp3) is 0.641. The van der Waals surface area contributed by atoms with Gasteiger partial charge in [0.15, 0.2) is 6.10 Å². The van der Waals surface area contributed by atoms with Gasteiger partial charge < -0.3 is 30.7 Å². The summed E-state index contributed by atoms with van der Waals surface area (Å²) in [6.45, 7) is 15.2. The number of aromatic nitrogens is 1. The minimum Gasteiger partial charge on any atom is -0.481 e. The number of aliphatic carboxylic acids is 1. The molecular formula is C39H61N5O7S. The number of rotatable bonds is 22. The number of carbonyl (C=O) groups is 5. The van der Waals surface area contributed by atoms with Gasteiger partial charge in [-0.25, -0.2) is 4.98 Å². The lowest BCUT2D eigenvalue weighted by atomic mass is 9.94. The van der Waals surface area contributed by atoms with Crippen molar-refractivity contribution in [2.75, 3.05) is 20.6 Å². The number of benzene rings is 1. The van der Waals surface area contributed by atoms with Gasteiger partial charge in [0, 0.05) is 43.3 Å². The molecule has 4 N–H and O–H groups in total. The Morgan fingerprint density at radius 2 is 1.58 bits per heavy atom. The second-order valence-electron chi connectivity index (χ2n) is 14.6. The SMILES string of the molecule is CNCCCC[C@@H](C)C(=O)N[C@H](C(=O)N(C)[C@H](C[C@@H](OC(C)=O)c1nc(C(=O)N[C@@H](Cc2ccccc2)C[C@H](C)C(=O)O)c(C)s1)C(C)C)C(C)C. The number of esters is 1. The van der Waals surface area contributed by atoms with Crippen LogP contribution in [0.25, 0.3) is 0 Å². The molecule has 0 radical (unpaired) electrons. The summed E-state index contributed by atoms with van der Waals surface area (Å²) in [6, 6.07) is 7.94. The van der Waals surface area contributed by atoms with Gasteiger partial charge in [-0.2, -0.15) is 0 Å². The lowest BCUT2D eigenvalue weighted by molar-refractivity contribution is -0.149. The number of carboxylic acid groups (broad SMARTS) is 1. The number of nitrogens with zero attached hydrogens (tertiary/aromatic N) is 2. The van der Waals surface area contributed by atoms with Crippen molar-refractivity contribution < 1.29 is 33.8 Å². The predicted octanol–water partition coefficient (Wildman–Crippen LogP) is 5.55. The average Bonchev–Trinajstić information content (AvgIpc) is 3.47. The molecule has 2 rings (SSSR count). The van der Waals surface area contributed by atoms with Crippen LogP contribution in [0.1, 0.15) is 113 Å². The summed E-state index contributed by atoms with van der Waals surface area (Å²) in [6.07, 6.45) is 2.65. The number of thiazole rings is 1. The van der Waals surface area contributed by atoms with Crippen LogP contribution in [-0.4, -0.2) is 83.4 Å². The number of carboxylic acids is 1. The standard InChI is InChI=1S/C39H61N5O7S/c1-23(2)31(44(10)38(48)33(24(3)4)42-35(46)25(5)16-14-15-19-40-9)22-32(51-28(8)45)37-43-34(27(7)52-37)36(47)41-30(20-26(6)39(49)50)21-29-17-12-11-13-18-29/h11-13,17-18,23-26,30-33,40H,14-16,19-22H2,1-10H3,(H,41,47)(H,42,46)(H,49,50)/t25-,26+,30-,31-,32-,33+/m1/s1. The summed E-state index contributed by atoms with van der Waals surface area (Å²) in [5, 5.41) is 19.1. The van der Waals surface area contributed by atoms with Gasteiger partial charge in [-0.1, -0.05) is 78.3 Å². The van der Waals surface area contributed by atoms with Crippen molar-refractivity contribution in [1.82, 2.24) is 25.8 Å². The van der Waals surface area contributed by atoms with E-state index in [1.807, 2.05) is 72.0 Å². The second-order valence-corrected chi connectivity index (χ2v) is 15.9. The summed E-state index contributed by atoms with van der Waals surface area (Å²) >= 11 is 1.24. The minimum atomic E-state index is -0.945. The first-order valence-corrected chi connectivity index (χ1v) is 19.2. The van der Waals surface area contributed by atoms with Gasteiger partial charge in [0.05, 0.1) is 5.92 Å². The molecular weight excluding hydrogens is 683 g/mol. The summed E-state index contributed by atoms with van der Waals surface area (Å²) in [4.78, 5) is 71.8. The van der Waals surface area contributed by atoms with E-state index >= 15 is 0 Å². The Labute approximate surface area is 313 Å². The smallest absolute Gasteiger partial charge is 0.306 e. The van der Waals surface area contributed by atoms with E-state index in [4.69, 9.17) is 4.74 Å². The molecule has 0 saturated carbocycles. The largest absolute Gasteiger partial charge is 0.481 e. The maximum absolute atomic E-state index is 14.0. The molecule has 0 aliphatic heterocycles. The van der Waals surface area contributed by atoms with Crippen molar-refractivity contribution in [3.63, 3.8) is 0 Å². The maximum atomic E-state index is 14.0. The number of hydrogen-bond donors (Lipinski definition) is 4. The van der Waals surface area contributed by atoms with Gasteiger partial charge in [-0.05, 0) is 63.6 Å². The van der Waals surface area contributed by atoms with Crippen LogP contribution in [0.4, 0.5) is 0 Å². The van der Waals surface area contributed by atoms with Crippen molar-refractivity contribution in [1.29, 1.82) is 0 Å². The first kappa shape index (κ1) is 44.3. The Kier molecular flexibility index (Phi) is 18.4. The van der Waals surface area contributed by atoms with E-state index in [1.54, 1.807) is 25.8 Å². The molecule has 12 nitrogen and oxygen atoms in total. The third-order valence-electron chi connectivity index (χ3n) is 9.39. The predicted molar refractivity (Wildman–Crippen MR) is 204 cm³/mol. The van der Waals surface area contributed by atoms with E-state index in [2.05, 4.69) is 20.9 Å². The van der Waals surface area contributed by atoms with Crippen LogP contribution in [0.15, 0.2) is 30.3 Å². The molecule has 0 fully saturated rings. The van der Waals surface area contributed by atoms with Crippen LogP contribution in [0, 0.1) is 30.6 Å². The normalized spacial score (nSPS) is 14.9. The van der Waals surface area contributed by atoms with Gasteiger partial charge in [-0.3, -0.25) is 24.0 Å². The van der Waals surface area contributed by atoms with E-state index in [1.165, 1.54) is 18.3 Å². The molecule has 0 unspecified atom stereocenters. The molecule has 0 aliphatic carbocycles.